The summed E-state index contributed by atoms with van der Waals surface area (Å²) in [7, 11) is 0. The second-order valence-electron chi connectivity index (χ2n) is 31.0. The van der Waals surface area contributed by atoms with Crippen molar-refractivity contribution in [3.8, 4) is 0 Å². The van der Waals surface area contributed by atoms with Gasteiger partial charge in [-0.3, -0.25) is 42.4 Å². The second-order valence-corrected chi connectivity index (χ2v) is 31.0. The van der Waals surface area contributed by atoms with Crippen LogP contribution in [0.25, 0.3) is 0 Å². The van der Waals surface area contributed by atoms with E-state index in [0.717, 1.165) is 98.4 Å². The summed E-state index contributed by atoms with van der Waals surface area (Å²) in [6, 6.07) is 70.1. The van der Waals surface area contributed by atoms with Crippen LogP contribution in [0.5, 0.6) is 0 Å². The van der Waals surface area contributed by atoms with E-state index in [9.17, 15) is 55.9 Å². The van der Waals surface area contributed by atoms with E-state index in [1.807, 2.05) is 208 Å². The minimum atomic E-state index is -1.16. The van der Waals surface area contributed by atoms with Gasteiger partial charge in [0.05, 0.1) is 45.3 Å². The third-order valence-electron chi connectivity index (χ3n) is 20.5. The van der Waals surface area contributed by atoms with Gasteiger partial charge in [0.2, 0.25) is 0 Å². The van der Waals surface area contributed by atoms with Crippen molar-refractivity contribution in [2.45, 2.75) is 134 Å². The van der Waals surface area contributed by atoms with Crippen LogP contribution in [0.4, 0.5) is 17.6 Å². The molecule has 1 unspecified atom stereocenters. The first-order valence-electron chi connectivity index (χ1n) is 41.9. The fourth-order valence-electron chi connectivity index (χ4n) is 13.2. The van der Waals surface area contributed by atoms with E-state index in [-0.39, 0.29) is 70.2 Å². The van der Waals surface area contributed by atoms with Crippen molar-refractivity contribution in [1.82, 2.24) is 83.2 Å². The maximum absolute atomic E-state index is 13.4. The smallest absolute Gasteiger partial charge is 0.356 e. The van der Waals surface area contributed by atoms with E-state index in [4.69, 9.17) is 40.9 Å². The molecule has 0 aliphatic carbocycles. The Balaban J connectivity index is 0.000000174. The number of aromatic nitrogens is 17. The van der Waals surface area contributed by atoms with E-state index in [2.05, 4.69) is 57.9 Å². The molecule has 9 heterocycles. The highest BCUT2D eigenvalue weighted by Gasteiger charge is 2.21. The molecule has 0 spiro atoms. The van der Waals surface area contributed by atoms with E-state index in [1.54, 1.807) is 84.5 Å². The van der Waals surface area contributed by atoms with E-state index < -0.39 is 71.0 Å². The van der Waals surface area contributed by atoms with E-state index in [1.165, 1.54) is 44.8 Å². The molecule has 16 aromatic rings. The van der Waals surface area contributed by atoms with Crippen molar-refractivity contribution >= 4 is 47.8 Å². The first-order valence-corrected chi connectivity index (χ1v) is 41.9. The SMILES string of the molecule is Cc1cc(C(=O)O)nn1C(C)c1ccccc1.Cc1cc(C(=O)O)nn1CCc1ccccc1.Cc1cc(C(=O)O)nn1Cc1cc(F)cc(F)c1.Cc1cc(C(=O)O)nn1Cc1cc(F)ccc1F.Cc1cc(C(=O)O)nn1Cc1ccccc1.Cc1cc(C(=O)O)nn1Cc1ccccc1.Cc1ccc(Cn2nc(C(=O)O)cc2C)cn1.Cc1ccccc1Cn1nc(C(=O)O)cc1C. The quantitative estimate of drug-likeness (QED) is 0.0246. The highest BCUT2D eigenvalue weighted by atomic mass is 19.1. The third kappa shape index (κ3) is 30.7. The van der Waals surface area contributed by atoms with Gasteiger partial charge in [-0.2, -0.15) is 40.8 Å². The van der Waals surface area contributed by atoms with Crippen molar-refractivity contribution in [3.63, 3.8) is 0 Å². The number of pyridine rings is 1. The average molecular weight is 1860 g/mol. The molecule has 7 aromatic carbocycles. The van der Waals surface area contributed by atoms with Crippen LogP contribution in [0.2, 0.25) is 0 Å². The van der Waals surface area contributed by atoms with Gasteiger partial charge in [-0.1, -0.05) is 152 Å². The van der Waals surface area contributed by atoms with Crippen molar-refractivity contribution in [3.05, 3.63) is 419 Å². The third-order valence-corrected chi connectivity index (χ3v) is 20.5. The van der Waals surface area contributed by atoms with Gasteiger partial charge in [-0.25, -0.2) is 55.9 Å². The molecule has 704 valence electrons. The number of aromatic carboxylic acids is 8. The zero-order chi connectivity index (χ0) is 99.1. The summed E-state index contributed by atoms with van der Waals surface area (Å²) in [5.74, 6) is -10.7. The Morgan fingerprint density at radius 1 is 0.279 bits per heavy atom. The van der Waals surface area contributed by atoms with Crippen LogP contribution in [0.15, 0.2) is 249 Å². The summed E-state index contributed by atoms with van der Waals surface area (Å²) in [4.78, 5) is 90.3. The molecule has 136 heavy (non-hydrogen) atoms. The van der Waals surface area contributed by atoms with Crippen molar-refractivity contribution in [1.29, 1.82) is 0 Å². The number of carboxylic acid groups (broad SMARTS) is 8. The van der Waals surface area contributed by atoms with Crippen molar-refractivity contribution in [2.24, 2.45) is 0 Å². The molecule has 0 saturated carbocycles. The maximum Gasteiger partial charge on any atom is 0.356 e. The lowest BCUT2D eigenvalue weighted by molar-refractivity contribution is 0.0678. The van der Waals surface area contributed by atoms with Gasteiger partial charge in [-0.05, 0) is 212 Å². The normalized spacial score (nSPS) is 10.7. The molecule has 37 heteroatoms. The Labute approximate surface area is 777 Å². The predicted octanol–water partition coefficient (Wildman–Crippen LogP) is 16.8. The van der Waals surface area contributed by atoms with Gasteiger partial charge in [0.15, 0.2) is 45.6 Å². The number of carbonyl (C=O) groups is 8. The molecule has 33 nitrogen and oxygen atoms in total. The molecule has 0 aliphatic heterocycles. The summed E-state index contributed by atoms with van der Waals surface area (Å²) in [5, 5.41) is 103. The second kappa shape index (κ2) is 48.7. The van der Waals surface area contributed by atoms with Crippen LogP contribution < -0.4 is 0 Å². The summed E-state index contributed by atoms with van der Waals surface area (Å²) >= 11 is 0. The summed E-state index contributed by atoms with van der Waals surface area (Å²) in [6.45, 7) is 23.5. The molecule has 0 fully saturated rings. The van der Waals surface area contributed by atoms with Gasteiger partial charge in [0.1, 0.15) is 23.3 Å². The number of carboxylic acids is 8. The zero-order valence-corrected chi connectivity index (χ0v) is 75.9. The van der Waals surface area contributed by atoms with Crippen LogP contribution >= 0.6 is 0 Å². The highest BCUT2D eigenvalue weighted by molar-refractivity contribution is 5.88. The topological polar surface area (TPSA) is 454 Å². The molecule has 1 atom stereocenters. The molecular weight excluding hydrogens is 1760 g/mol. The number of aryl methyl sites for hydroxylation is 12. The summed E-state index contributed by atoms with van der Waals surface area (Å²) in [5.41, 5.74) is 15.9. The van der Waals surface area contributed by atoms with Gasteiger partial charge in [0.25, 0.3) is 0 Å². The van der Waals surface area contributed by atoms with Gasteiger partial charge >= 0.3 is 47.8 Å². The molecule has 0 amide bonds. The van der Waals surface area contributed by atoms with Crippen LogP contribution in [0.1, 0.15) is 198 Å². The Morgan fingerprint density at radius 3 is 0.941 bits per heavy atom. The van der Waals surface area contributed by atoms with Crippen LogP contribution in [0.3, 0.4) is 0 Å². The molecule has 8 N–H and O–H groups in total. The fraction of sp³-hybridized carbons (Fsp3) is 0.202. The van der Waals surface area contributed by atoms with Gasteiger partial charge in [0, 0.05) is 75.6 Å². The number of hydrogen-bond donors (Lipinski definition) is 8. The lowest BCUT2D eigenvalue weighted by Crippen LogP contribution is -2.11. The molecule has 0 bridgehead atoms. The molecular formula is C99H99F4N17O16. The minimum Gasteiger partial charge on any atom is -0.476 e. The molecule has 0 radical (unpaired) electrons. The van der Waals surface area contributed by atoms with Crippen LogP contribution in [-0.2, 0) is 52.2 Å². The molecule has 0 saturated heterocycles. The van der Waals surface area contributed by atoms with Gasteiger partial charge in [-0.15, -0.1) is 0 Å². The van der Waals surface area contributed by atoms with E-state index >= 15 is 0 Å². The van der Waals surface area contributed by atoms with Crippen LogP contribution in [-0.4, -0.2) is 172 Å². The highest BCUT2D eigenvalue weighted by Crippen LogP contribution is 2.22. The molecule has 0 aliphatic rings. The lowest BCUT2D eigenvalue weighted by atomic mass is 10.1. The Kier molecular flexibility index (Phi) is 36.7. The zero-order valence-electron chi connectivity index (χ0n) is 75.9. The first-order chi connectivity index (χ1) is 64.6. The Hall–Kier alpha value is -17.2. The van der Waals surface area contributed by atoms with Crippen molar-refractivity contribution < 1.29 is 96.8 Å². The standard InChI is InChI=1S/3C13H14N2O2.2C12H10F2N2O2.C12H13N3O2.2C12H12N2O2/c1-9-5-3-4-6-11(9)8-15-10(2)7-12(14-15)13(16)17;1-9-8-12(13(16)17)14-15(9)10(2)11-6-4-3-5-7-11;1-10-9-12(13(16)17)14-15(10)8-7-11-5-3-2-4-6-11;1-7-2-11(12(17)18)15-16(7)6-8-3-9(13)5-10(14)4-8;1-7-4-11(12(17)18)15-16(7)6-8-5-9(13)2-3-10(8)14;1-8-3-4-10(6-13-8)7-15-9(2)5-11(14-15)12(16)17;2*1-9-7-11(12(15)16)13-14(9)8-10-5-3-2-4-6-10/h3-7H,8H2,1-2H3,(H,16,17);3-8,10H,1-2H3,(H,16,17);2-6,9H,7-8H2,1H3,(H,16,17);2*2-5H,6H2,1H3,(H,17,18);3-6H,7H2,1-2H3,(H,16,17);2*2-7H,8H2,1H3,(H,15,16). The van der Waals surface area contributed by atoms with Gasteiger partial charge < -0.3 is 40.9 Å². The lowest BCUT2D eigenvalue weighted by Gasteiger charge is -2.14. The van der Waals surface area contributed by atoms with E-state index in [0.29, 0.717) is 49.7 Å². The average Bonchev–Trinajstić information content (AvgIpc) is 1.66. The maximum atomic E-state index is 13.4. The number of nitrogens with zero attached hydrogens (tertiary/aromatic N) is 17. The fourth-order valence-corrected chi connectivity index (χ4v) is 13.2. The summed E-state index contributed by atoms with van der Waals surface area (Å²) in [6.07, 6.45) is 2.62. The first kappa shape index (κ1) is 103. The number of halogens is 4. The Bertz CT molecular complexity index is 6690. The van der Waals surface area contributed by atoms with Crippen LogP contribution in [0, 0.1) is 92.5 Å². The number of benzene rings is 7. The number of hydrogen-bond acceptors (Lipinski definition) is 17. The summed E-state index contributed by atoms with van der Waals surface area (Å²) < 4.78 is 65.4. The monoisotopic (exact) mass is 1860 g/mol. The van der Waals surface area contributed by atoms with Crippen molar-refractivity contribution in [2.75, 3.05) is 0 Å². The molecule has 9 aromatic heterocycles. The number of rotatable bonds is 25. The largest absolute Gasteiger partial charge is 0.476 e. The predicted molar refractivity (Wildman–Crippen MR) is 492 cm³/mol. The molecule has 16 rings (SSSR count). The Morgan fingerprint density at radius 2 is 0.588 bits per heavy atom. The minimum absolute atomic E-state index is 0.0112.